The Morgan fingerprint density at radius 3 is 2.42 bits per heavy atom. The van der Waals surface area contributed by atoms with Crippen LogP contribution in [0, 0.1) is 0 Å². The molecule has 0 bridgehead atoms. The summed E-state index contributed by atoms with van der Waals surface area (Å²) in [5.74, 6) is 0. The maximum Gasteiger partial charge on any atom is 0.249 e. The summed E-state index contributed by atoms with van der Waals surface area (Å²) >= 11 is 0. The number of nitrogens with zero attached hydrogens (tertiary/aromatic N) is 4. The first kappa shape index (κ1) is 9.40. The molecule has 1 aliphatic heterocycles. The van der Waals surface area contributed by atoms with Crippen LogP contribution in [-0.4, -0.2) is 50.8 Å². The highest BCUT2D eigenvalue weighted by molar-refractivity contribution is 7.88. The molecule has 1 unspecified atom stereocenters. The molecule has 0 saturated heterocycles. The number of sulfonamides is 1. The third-order valence-corrected chi connectivity index (χ3v) is 2.58. The van der Waals surface area contributed by atoms with Gasteiger partial charge in [-0.15, -0.1) is 0 Å². The van der Waals surface area contributed by atoms with Gasteiger partial charge in [0.25, 0.3) is 0 Å². The summed E-state index contributed by atoms with van der Waals surface area (Å²) in [4.78, 5) is 1.76. The molecular formula is C5H12N4O2S. The van der Waals surface area contributed by atoms with Crippen molar-refractivity contribution in [2.75, 3.05) is 26.9 Å². The summed E-state index contributed by atoms with van der Waals surface area (Å²) in [5.41, 5.74) is 0. The van der Waals surface area contributed by atoms with Gasteiger partial charge in [-0.2, -0.15) is 9.53 Å². The summed E-state index contributed by atoms with van der Waals surface area (Å²) in [7, 11) is 0.316. The largest absolute Gasteiger partial charge is 0.286 e. The van der Waals surface area contributed by atoms with Crippen LogP contribution in [0.25, 0.3) is 0 Å². The van der Waals surface area contributed by atoms with Crippen molar-refractivity contribution >= 4 is 10.0 Å². The standard InChI is InChI=1S/C5H12N4O2S/c1-8(2)5-4-6-7-9(5)12(3,10)11/h5H,4H2,1-3H3. The Bertz CT molecular complexity index is 284. The summed E-state index contributed by atoms with van der Waals surface area (Å²) in [6, 6.07) is 0. The van der Waals surface area contributed by atoms with E-state index in [1.54, 1.807) is 19.0 Å². The van der Waals surface area contributed by atoms with Crippen molar-refractivity contribution in [1.29, 1.82) is 0 Å². The van der Waals surface area contributed by atoms with Crippen LogP contribution in [0.15, 0.2) is 10.3 Å². The molecule has 0 fully saturated rings. The average molecular weight is 192 g/mol. The predicted octanol–water partition coefficient (Wildman–Crippen LogP) is -0.483. The van der Waals surface area contributed by atoms with Gasteiger partial charge < -0.3 is 0 Å². The van der Waals surface area contributed by atoms with E-state index in [1.807, 2.05) is 0 Å². The van der Waals surface area contributed by atoms with Gasteiger partial charge in [0.15, 0.2) is 0 Å². The first-order chi connectivity index (χ1) is 5.43. The van der Waals surface area contributed by atoms with Crippen LogP contribution in [0.1, 0.15) is 0 Å². The highest BCUT2D eigenvalue weighted by Gasteiger charge is 2.30. The minimum atomic E-state index is -3.27. The van der Waals surface area contributed by atoms with E-state index in [2.05, 4.69) is 10.3 Å². The molecule has 0 aromatic heterocycles. The van der Waals surface area contributed by atoms with E-state index in [1.165, 1.54) is 0 Å². The molecule has 0 aromatic carbocycles. The molecule has 0 radical (unpaired) electrons. The summed E-state index contributed by atoms with van der Waals surface area (Å²) in [5, 5.41) is 7.20. The Morgan fingerprint density at radius 1 is 1.50 bits per heavy atom. The minimum Gasteiger partial charge on any atom is -0.286 e. The number of hydrogen-bond acceptors (Lipinski definition) is 5. The molecule has 0 aromatic rings. The van der Waals surface area contributed by atoms with Crippen molar-refractivity contribution < 1.29 is 8.42 Å². The van der Waals surface area contributed by atoms with E-state index in [-0.39, 0.29) is 6.17 Å². The van der Waals surface area contributed by atoms with Crippen molar-refractivity contribution in [3.8, 4) is 0 Å². The SMILES string of the molecule is CN(C)C1CN=NN1S(C)(=O)=O. The molecule has 1 rings (SSSR count). The van der Waals surface area contributed by atoms with Gasteiger partial charge in [-0.3, -0.25) is 4.90 Å². The molecule has 0 N–H and O–H groups in total. The Hall–Kier alpha value is -0.690. The van der Waals surface area contributed by atoms with Gasteiger partial charge in [0.2, 0.25) is 10.0 Å². The van der Waals surface area contributed by atoms with Crippen molar-refractivity contribution in [1.82, 2.24) is 9.31 Å². The summed E-state index contributed by atoms with van der Waals surface area (Å²) in [6.45, 7) is 0.403. The fraction of sp³-hybridized carbons (Fsp3) is 1.00. The first-order valence-corrected chi connectivity index (χ1v) is 5.31. The molecular weight excluding hydrogens is 180 g/mol. The third kappa shape index (κ3) is 1.72. The molecule has 1 heterocycles. The molecule has 0 spiro atoms. The third-order valence-electron chi connectivity index (χ3n) is 1.59. The maximum atomic E-state index is 11.1. The Labute approximate surface area is 71.9 Å². The normalized spacial score (nSPS) is 24.0. The fourth-order valence-electron chi connectivity index (χ4n) is 0.950. The second-order valence-electron chi connectivity index (χ2n) is 2.89. The van der Waals surface area contributed by atoms with Gasteiger partial charge in [0.1, 0.15) is 6.17 Å². The second kappa shape index (κ2) is 2.98. The lowest BCUT2D eigenvalue weighted by Gasteiger charge is -2.24. The lowest BCUT2D eigenvalue weighted by molar-refractivity contribution is 0.191. The molecule has 12 heavy (non-hydrogen) atoms. The monoisotopic (exact) mass is 192 g/mol. The van der Waals surface area contributed by atoms with E-state index < -0.39 is 10.0 Å². The van der Waals surface area contributed by atoms with Gasteiger partial charge in [0.05, 0.1) is 12.8 Å². The molecule has 1 atom stereocenters. The van der Waals surface area contributed by atoms with E-state index in [4.69, 9.17) is 0 Å². The lowest BCUT2D eigenvalue weighted by atomic mass is 10.5. The van der Waals surface area contributed by atoms with Crippen molar-refractivity contribution in [3.05, 3.63) is 0 Å². The molecule has 70 valence electrons. The minimum absolute atomic E-state index is 0.264. The lowest BCUT2D eigenvalue weighted by Crippen LogP contribution is -2.43. The zero-order chi connectivity index (χ0) is 9.35. The van der Waals surface area contributed by atoms with E-state index in [0.29, 0.717) is 6.54 Å². The molecule has 6 nitrogen and oxygen atoms in total. The highest BCUT2D eigenvalue weighted by atomic mass is 32.2. The fourth-order valence-corrected chi connectivity index (χ4v) is 1.83. The summed E-state index contributed by atoms with van der Waals surface area (Å²) < 4.78 is 23.2. The van der Waals surface area contributed by atoms with Gasteiger partial charge in [-0.25, -0.2) is 8.42 Å². The number of rotatable bonds is 2. The smallest absolute Gasteiger partial charge is 0.249 e. The molecule has 1 aliphatic rings. The van der Waals surface area contributed by atoms with Crippen molar-refractivity contribution in [2.24, 2.45) is 10.3 Å². The maximum absolute atomic E-state index is 11.1. The first-order valence-electron chi connectivity index (χ1n) is 3.46. The average Bonchev–Trinajstić information content (AvgIpc) is 2.30. The zero-order valence-electron chi connectivity index (χ0n) is 7.30. The van der Waals surface area contributed by atoms with Crippen molar-refractivity contribution in [2.45, 2.75) is 6.17 Å². The Kier molecular flexibility index (Phi) is 2.34. The van der Waals surface area contributed by atoms with Crippen LogP contribution in [0.2, 0.25) is 0 Å². The topological polar surface area (TPSA) is 65.3 Å². The van der Waals surface area contributed by atoms with E-state index >= 15 is 0 Å². The van der Waals surface area contributed by atoms with Gasteiger partial charge in [-0.05, 0) is 14.1 Å². The van der Waals surface area contributed by atoms with Crippen molar-refractivity contribution in [3.63, 3.8) is 0 Å². The zero-order valence-corrected chi connectivity index (χ0v) is 8.11. The number of hydrogen-bond donors (Lipinski definition) is 0. The van der Waals surface area contributed by atoms with Gasteiger partial charge >= 0.3 is 0 Å². The van der Waals surface area contributed by atoms with Crippen LogP contribution in [0.4, 0.5) is 0 Å². The van der Waals surface area contributed by atoms with Crippen LogP contribution >= 0.6 is 0 Å². The van der Waals surface area contributed by atoms with E-state index in [9.17, 15) is 8.42 Å². The molecule has 7 heteroatoms. The molecule has 0 aliphatic carbocycles. The van der Waals surface area contributed by atoms with Crippen LogP contribution in [0.5, 0.6) is 0 Å². The predicted molar refractivity (Wildman–Crippen MR) is 43.9 cm³/mol. The van der Waals surface area contributed by atoms with Crippen LogP contribution in [-0.2, 0) is 10.0 Å². The quantitative estimate of drug-likeness (QED) is 0.593. The molecule has 0 saturated carbocycles. The van der Waals surface area contributed by atoms with Gasteiger partial charge in [-0.1, -0.05) is 5.22 Å². The molecule has 0 amide bonds. The Balaban J connectivity index is 2.84. The Morgan fingerprint density at radius 2 is 2.08 bits per heavy atom. The van der Waals surface area contributed by atoms with Gasteiger partial charge in [0, 0.05) is 0 Å². The van der Waals surface area contributed by atoms with E-state index in [0.717, 1.165) is 10.7 Å². The number of likely N-dealkylation sites (N-methyl/N-ethyl adjacent to an activating group) is 1. The van der Waals surface area contributed by atoms with Crippen LogP contribution in [0.3, 0.4) is 0 Å². The van der Waals surface area contributed by atoms with Crippen LogP contribution < -0.4 is 0 Å². The summed E-state index contributed by atoms with van der Waals surface area (Å²) in [6.07, 6.45) is 0.855. The second-order valence-corrected chi connectivity index (χ2v) is 4.73. The highest BCUT2D eigenvalue weighted by Crippen LogP contribution is 2.15.